The van der Waals surface area contributed by atoms with Crippen LogP contribution in [0.1, 0.15) is 40.0 Å². The molecule has 0 aromatic heterocycles. The third-order valence-corrected chi connectivity index (χ3v) is 4.32. The van der Waals surface area contributed by atoms with Crippen molar-refractivity contribution in [3.63, 3.8) is 0 Å². The molecular weight excluding hydrogens is 252 g/mol. The SMILES string of the molecule is CCC(CCN)N1CCCN(C(=O)N(CC)CC)CC1. The van der Waals surface area contributed by atoms with Gasteiger partial charge in [0.2, 0.25) is 0 Å². The van der Waals surface area contributed by atoms with Crippen LogP contribution < -0.4 is 5.73 Å². The van der Waals surface area contributed by atoms with Crippen LogP contribution in [0.5, 0.6) is 0 Å². The predicted octanol–water partition coefficient (Wildman–Crippen LogP) is 1.58. The van der Waals surface area contributed by atoms with Crippen LogP contribution in [0, 0.1) is 0 Å². The van der Waals surface area contributed by atoms with Crippen molar-refractivity contribution in [1.82, 2.24) is 14.7 Å². The molecule has 0 spiro atoms. The summed E-state index contributed by atoms with van der Waals surface area (Å²) < 4.78 is 0. The van der Waals surface area contributed by atoms with Crippen LogP contribution in [-0.2, 0) is 0 Å². The van der Waals surface area contributed by atoms with Crippen molar-refractivity contribution in [3.05, 3.63) is 0 Å². The van der Waals surface area contributed by atoms with Crippen molar-refractivity contribution in [2.75, 3.05) is 45.8 Å². The van der Waals surface area contributed by atoms with Crippen molar-refractivity contribution >= 4 is 6.03 Å². The number of nitrogens with zero attached hydrogens (tertiary/aromatic N) is 3. The molecule has 1 unspecified atom stereocenters. The summed E-state index contributed by atoms with van der Waals surface area (Å²) in [6.07, 6.45) is 3.26. The summed E-state index contributed by atoms with van der Waals surface area (Å²) in [5, 5.41) is 0. The van der Waals surface area contributed by atoms with Crippen LogP contribution in [0.15, 0.2) is 0 Å². The molecule has 1 saturated heterocycles. The molecule has 0 radical (unpaired) electrons. The molecule has 2 amide bonds. The monoisotopic (exact) mass is 284 g/mol. The number of hydrogen-bond acceptors (Lipinski definition) is 3. The molecule has 2 N–H and O–H groups in total. The van der Waals surface area contributed by atoms with Crippen molar-refractivity contribution in [3.8, 4) is 0 Å². The van der Waals surface area contributed by atoms with E-state index in [4.69, 9.17) is 5.73 Å². The van der Waals surface area contributed by atoms with Gasteiger partial charge in [-0.25, -0.2) is 4.79 Å². The van der Waals surface area contributed by atoms with Gasteiger partial charge in [-0.3, -0.25) is 4.90 Å². The largest absolute Gasteiger partial charge is 0.330 e. The lowest BCUT2D eigenvalue weighted by Gasteiger charge is -2.30. The maximum Gasteiger partial charge on any atom is 0.320 e. The molecule has 0 aromatic carbocycles. The Balaban J connectivity index is 2.56. The minimum atomic E-state index is 0.198. The van der Waals surface area contributed by atoms with Gasteiger partial charge in [0.25, 0.3) is 0 Å². The van der Waals surface area contributed by atoms with E-state index in [-0.39, 0.29) is 6.03 Å². The zero-order valence-electron chi connectivity index (χ0n) is 13.5. The molecule has 1 rings (SSSR count). The molecular formula is C15H32N4O. The highest BCUT2D eigenvalue weighted by molar-refractivity contribution is 5.74. The van der Waals surface area contributed by atoms with Crippen LogP contribution in [0.2, 0.25) is 0 Å². The van der Waals surface area contributed by atoms with Crippen molar-refractivity contribution < 1.29 is 4.79 Å². The van der Waals surface area contributed by atoms with E-state index in [0.717, 1.165) is 65.1 Å². The standard InChI is InChI=1S/C15H32N4O/c1-4-14(8-9-16)18-10-7-11-19(13-12-18)15(20)17(5-2)6-3/h14H,4-13,16H2,1-3H3. The minimum Gasteiger partial charge on any atom is -0.330 e. The minimum absolute atomic E-state index is 0.198. The Morgan fingerprint density at radius 3 is 2.40 bits per heavy atom. The van der Waals surface area contributed by atoms with Crippen LogP contribution in [0.25, 0.3) is 0 Å². The van der Waals surface area contributed by atoms with E-state index < -0.39 is 0 Å². The lowest BCUT2D eigenvalue weighted by Crippen LogP contribution is -2.45. The van der Waals surface area contributed by atoms with E-state index in [9.17, 15) is 4.79 Å². The van der Waals surface area contributed by atoms with Gasteiger partial charge in [0.05, 0.1) is 0 Å². The molecule has 5 heteroatoms. The van der Waals surface area contributed by atoms with Gasteiger partial charge < -0.3 is 15.5 Å². The number of rotatable bonds is 6. The number of carbonyl (C=O) groups excluding carboxylic acids is 1. The predicted molar refractivity (Wildman–Crippen MR) is 83.8 cm³/mol. The van der Waals surface area contributed by atoms with E-state index >= 15 is 0 Å². The fraction of sp³-hybridized carbons (Fsp3) is 0.933. The number of carbonyl (C=O) groups is 1. The maximum atomic E-state index is 12.4. The Morgan fingerprint density at radius 1 is 1.15 bits per heavy atom. The van der Waals surface area contributed by atoms with Gasteiger partial charge in [0.1, 0.15) is 0 Å². The first-order valence-corrected chi connectivity index (χ1v) is 8.15. The van der Waals surface area contributed by atoms with Gasteiger partial charge >= 0.3 is 6.03 Å². The van der Waals surface area contributed by atoms with Crippen molar-refractivity contribution in [2.45, 2.75) is 46.1 Å². The van der Waals surface area contributed by atoms with Crippen molar-refractivity contribution in [1.29, 1.82) is 0 Å². The van der Waals surface area contributed by atoms with Gasteiger partial charge in [0.15, 0.2) is 0 Å². The second-order valence-corrected chi connectivity index (χ2v) is 5.47. The van der Waals surface area contributed by atoms with Gasteiger partial charge in [-0.15, -0.1) is 0 Å². The second-order valence-electron chi connectivity index (χ2n) is 5.47. The van der Waals surface area contributed by atoms with Crippen LogP contribution >= 0.6 is 0 Å². The summed E-state index contributed by atoms with van der Waals surface area (Å²) in [5.74, 6) is 0. The second kappa shape index (κ2) is 9.19. The first kappa shape index (κ1) is 17.2. The molecule has 118 valence electrons. The van der Waals surface area contributed by atoms with E-state index in [2.05, 4.69) is 11.8 Å². The Hall–Kier alpha value is -0.810. The fourth-order valence-electron chi connectivity index (χ4n) is 3.03. The molecule has 1 heterocycles. The quantitative estimate of drug-likeness (QED) is 0.806. The molecule has 0 aliphatic carbocycles. The summed E-state index contributed by atoms with van der Waals surface area (Å²) >= 11 is 0. The summed E-state index contributed by atoms with van der Waals surface area (Å²) in [7, 11) is 0. The molecule has 1 aliphatic rings. The zero-order valence-corrected chi connectivity index (χ0v) is 13.5. The normalized spacial score (nSPS) is 18.7. The average Bonchev–Trinajstić information content (AvgIpc) is 2.71. The molecule has 0 aromatic rings. The van der Waals surface area contributed by atoms with E-state index in [1.54, 1.807) is 0 Å². The van der Waals surface area contributed by atoms with Gasteiger partial charge in [-0.05, 0) is 39.7 Å². The van der Waals surface area contributed by atoms with Crippen molar-refractivity contribution in [2.24, 2.45) is 5.73 Å². The lowest BCUT2D eigenvalue weighted by molar-refractivity contribution is 0.153. The number of nitrogens with two attached hydrogens (primary N) is 1. The van der Waals surface area contributed by atoms with Gasteiger partial charge in [-0.1, -0.05) is 6.92 Å². The van der Waals surface area contributed by atoms with Crippen LogP contribution in [0.3, 0.4) is 0 Å². The Labute approximate surface area is 124 Å². The number of urea groups is 1. The third-order valence-electron chi connectivity index (χ3n) is 4.32. The average molecular weight is 284 g/mol. The fourth-order valence-corrected chi connectivity index (χ4v) is 3.03. The molecule has 5 nitrogen and oxygen atoms in total. The smallest absolute Gasteiger partial charge is 0.320 e. The summed E-state index contributed by atoms with van der Waals surface area (Å²) in [6, 6.07) is 0.771. The van der Waals surface area contributed by atoms with E-state index in [0.29, 0.717) is 6.04 Å². The number of amides is 2. The molecule has 20 heavy (non-hydrogen) atoms. The van der Waals surface area contributed by atoms with Gasteiger partial charge in [0, 0.05) is 45.3 Å². The zero-order chi connectivity index (χ0) is 15.0. The van der Waals surface area contributed by atoms with Crippen LogP contribution in [0.4, 0.5) is 4.79 Å². The Kier molecular flexibility index (Phi) is 7.92. The molecule has 1 fully saturated rings. The summed E-state index contributed by atoms with van der Waals surface area (Å²) in [6.45, 7) is 12.4. The van der Waals surface area contributed by atoms with E-state index in [1.807, 2.05) is 23.6 Å². The van der Waals surface area contributed by atoms with Gasteiger partial charge in [-0.2, -0.15) is 0 Å². The molecule has 0 bridgehead atoms. The lowest BCUT2D eigenvalue weighted by atomic mass is 10.1. The first-order valence-electron chi connectivity index (χ1n) is 8.15. The third kappa shape index (κ3) is 4.63. The summed E-state index contributed by atoms with van der Waals surface area (Å²) in [5.41, 5.74) is 5.70. The molecule has 1 aliphatic heterocycles. The van der Waals surface area contributed by atoms with Crippen LogP contribution in [-0.4, -0.2) is 72.6 Å². The Bertz CT molecular complexity index is 281. The first-order chi connectivity index (χ1) is 9.67. The highest BCUT2D eigenvalue weighted by Gasteiger charge is 2.24. The summed E-state index contributed by atoms with van der Waals surface area (Å²) in [4.78, 5) is 18.8. The maximum absolute atomic E-state index is 12.4. The highest BCUT2D eigenvalue weighted by Crippen LogP contribution is 2.13. The Morgan fingerprint density at radius 2 is 1.85 bits per heavy atom. The molecule has 0 saturated carbocycles. The topological polar surface area (TPSA) is 52.8 Å². The van der Waals surface area contributed by atoms with E-state index in [1.165, 1.54) is 0 Å². The highest BCUT2D eigenvalue weighted by atomic mass is 16.2. The molecule has 1 atom stereocenters. The number of hydrogen-bond donors (Lipinski definition) is 1.